The number of nitrogens with one attached hydrogen (secondary N) is 2. The van der Waals surface area contributed by atoms with Crippen molar-refractivity contribution in [1.82, 2.24) is 20.4 Å². The van der Waals surface area contributed by atoms with Crippen molar-refractivity contribution in [3.63, 3.8) is 0 Å². The van der Waals surface area contributed by atoms with Gasteiger partial charge in [-0.15, -0.1) is 0 Å². The van der Waals surface area contributed by atoms with E-state index in [1.807, 2.05) is 48.9 Å². The van der Waals surface area contributed by atoms with Crippen molar-refractivity contribution in [3.8, 4) is 5.69 Å². The summed E-state index contributed by atoms with van der Waals surface area (Å²) < 4.78 is 1.85. The summed E-state index contributed by atoms with van der Waals surface area (Å²) in [5, 5.41) is 10.0. The Morgan fingerprint density at radius 2 is 2.00 bits per heavy atom. The summed E-state index contributed by atoms with van der Waals surface area (Å²) in [7, 11) is 0. The summed E-state index contributed by atoms with van der Waals surface area (Å²) in [6.07, 6.45) is 3.64. The number of benzene rings is 1. The van der Waals surface area contributed by atoms with Gasteiger partial charge in [-0.2, -0.15) is 5.10 Å². The molecule has 1 aliphatic rings. The third-order valence-electron chi connectivity index (χ3n) is 4.26. The maximum atomic E-state index is 12.0. The van der Waals surface area contributed by atoms with Crippen molar-refractivity contribution in [2.24, 2.45) is 5.92 Å². The molecule has 0 saturated heterocycles. The largest absolute Gasteiger partial charge is 0.348 e. The molecule has 6 heteroatoms. The van der Waals surface area contributed by atoms with Gasteiger partial charge in [0, 0.05) is 17.2 Å². The molecule has 1 aliphatic carbocycles. The Labute approximate surface area is 141 Å². The van der Waals surface area contributed by atoms with Gasteiger partial charge in [-0.25, -0.2) is 4.68 Å². The molecule has 2 aromatic rings. The van der Waals surface area contributed by atoms with Crippen molar-refractivity contribution in [1.29, 1.82) is 0 Å². The zero-order chi connectivity index (χ0) is 17.1. The highest BCUT2D eigenvalue weighted by atomic mass is 16.2. The van der Waals surface area contributed by atoms with E-state index in [-0.39, 0.29) is 30.3 Å². The van der Waals surface area contributed by atoms with Gasteiger partial charge in [0.1, 0.15) is 0 Å². The van der Waals surface area contributed by atoms with E-state index in [4.69, 9.17) is 0 Å². The van der Waals surface area contributed by atoms with E-state index < -0.39 is 0 Å². The normalized spacial score (nSPS) is 14.9. The molecule has 1 fully saturated rings. The van der Waals surface area contributed by atoms with Gasteiger partial charge in [-0.05, 0) is 38.8 Å². The van der Waals surface area contributed by atoms with Crippen LogP contribution in [-0.2, 0) is 9.59 Å². The lowest BCUT2D eigenvalue weighted by Crippen LogP contribution is -2.38. The SMILES string of the molecule is Cc1c([C@H](C)NC(=O)CNC(=O)C2CC2)cnn1-c1ccccc1. The second-order valence-corrected chi connectivity index (χ2v) is 6.21. The van der Waals surface area contributed by atoms with Gasteiger partial charge in [0.2, 0.25) is 11.8 Å². The molecule has 0 aliphatic heterocycles. The number of hydrogen-bond donors (Lipinski definition) is 2. The van der Waals surface area contributed by atoms with Gasteiger partial charge >= 0.3 is 0 Å². The Morgan fingerprint density at radius 3 is 2.67 bits per heavy atom. The average Bonchev–Trinajstić information content (AvgIpc) is 3.36. The van der Waals surface area contributed by atoms with E-state index in [1.165, 1.54) is 0 Å². The first-order valence-corrected chi connectivity index (χ1v) is 8.23. The van der Waals surface area contributed by atoms with E-state index in [9.17, 15) is 9.59 Å². The van der Waals surface area contributed by atoms with E-state index >= 15 is 0 Å². The molecule has 2 N–H and O–H groups in total. The molecular formula is C18H22N4O2. The second kappa shape index (κ2) is 6.86. The first-order chi connectivity index (χ1) is 11.6. The number of nitrogens with zero attached hydrogens (tertiary/aromatic N) is 2. The fourth-order valence-corrected chi connectivity index (χ4v) is 2.70. The molecular weight excluding hydrogens is 304 g/mol. The smallest absolute Gasteiger partial charge is 0.239 e. The number of carbonyl (C=O) groups is 2. The van der Waals surface area contributed by atoms with Crippen LogP contribution in [0.25, 0.3) is 5.69 Å². The molecule has 0 spiro atoms. The van der Waals surface area contributed by atoms with Crippen LogP contribution in [0.2, 0.25) is 0 Å². The van der Waals surface area contributed by atoms with Gasteiger partial charge < -0.3 is 10.6 Å². The quantitative estimate of drug-likeness (QED) is 0.851. The first-order valence-electron chi connectivity index (χ1n) is 8.23. The van der Waals surface area contributed by atoms with Crippen LogP contribution in [0.1, 0.15) is 37.1 Å². The van der Waals surface area contributed by atoms with Crippen molar-refractivity contribution >= 4 is 11.8 Å². The van der Waals surface area contributed by atoms with Crippen LogP contribution < -0.4 is 10.6 Å². The Kier molecular flexibility index (Phi) is 4.64. The van der Waals surface area contributed by atoms with E-state index in [2.05, 4.69) is 15.7 Å². The number of hydrogen-bond acceptors (Lipinski definition) is 3. The van der Waals surface area contributed by atoms with E-state index in [0.29, 0.717) is 0 Å². The van der Waals surface area contributed by atoms with Gasteiger partial charge in [-0.3, -0.25) is 9.59 Å². The molecule has 3 rings (SSSR count). The molecule has 2 amide bonds. The zero-order valence-corrected chi connectivity index (χ0v) is 14.0. The maximum Gasteiger partial charge on any atom is 0.239 e. The molecule has 0 radical (unpaired) electrons. The van der Waals surface area contributed by atoms with Gasteiger partial charge in [0.15, 0.2) is 0 Å². The summed E-state index contributed by atoms with van der Waals surface area (Å²) in [5.74, 6) is -0.101. The van der Waals surface area contributed by atoms with Crippen LogP contribution >= 0.6 is 0 Å². The Balaban J connectivity index is 1.60. The van der Waals surface area contributed by atoms with Crippen LogP contribution in [0, 0.1) is 12.8 Å². The van der Waals surface area contributed by atoms with E-state index in [0.717, 1.165) is 29.8 Å². The number of carbonyl (C=O) groups excluding carboxylic acids is 2. The zero-order valence-electron chi connectivity index (χ0n) is 14.0. The van der Waals surface area contributed by atoms with Crippen LogP contribution in [0.4, 0.5) is 0 Å². The van der Waals surface area contributed by atoms with Gasteiger partial charge in [0.05, 0.1) is 24.5 Å². The summed E-state index contributed by atoms with van der Waals surface area (Å²) >= 11 is 0. The number of para-hydroxylation sites is 1. The molecule has 6 nitrogen and oxygen atoms in total. The molecule has 24 heavy (non-hydrogen) atoms. The Bertz CT molecular complexity index is 735. The minimum atomic E-state index is -0.191. The predicted molar refractivity (Wildman–Crippen MR) is 90.6 cm³/mol. The highest BCUT2D eigenvalue weighted by Gasteiger charge is 2.29. The molecule has 1 saturated carbocycles. The molecule has 0 bridgehead atoms. The lowest BCUT2D eigenvalue weighted by Gasteiger charge is -2.14. The Hall–Kier alpha value is -2.63. The molecule has 1 aromatic heterocycles. The Morgan fingerprint density at radius 1 is 1.29 bits per heavy atom. The third kappa shape index (κ3) is 3.64. The molecule has 0 unspecified atom stereocenters. The maximum absolute atomic E-state index is 12.0. The standard InChI is InChI=1S/C18H22N4O2/c1-12(21-17(23)11-19-18(24)14-8-9-14)16-10-20-22(13(16)2)15-6-4-3-5-7-15/h3-7,10,12,14H,8-9,11H2,1-2H3,(H,19,24)(H,21,23)/t12-/m0/s1. The van der Waals surface area contributed by atoms with Crippen LogP contribution in [0.3, 0.4) is 0 Å². The fourth-order valence-electron chi connectivity index (χ4n) is 2.70. The summed E-state index contributed by atoms with van der Waals surface area (Å²) in [6.45, 7) is 3.92. The van der Waals surface area contributed by atoms with Crippen molar-refractivity contribution < 1.29 is 9.59 Å². The number of amides is 2. The number of rotatable bonds is 6. The summed E-state index contributed by atoms with van der Waals surface area (Å²) in [6, 6.07) is 9.68. The third-order valence-corrected chi connectivity index (χ3v) is 4.26. The lowest BCUT2D eigenvalue weighted by molar-refractivity contribution is -0.127. The highest BCUT2D eigenvalue weighted by Crippen LogP contribution is 2.28. The topological polar surface area (TPSA) is 76.0 Å². The van der Waals surface area contributed by atoms with Gasteiger partial charge in [-0.1, -0.05) is 18.2 Å². The average molecular weight is 326 g/mol. The minimum absolute atomic E-state index is 0.0194. The fraction of sp³-hybridized carbons (Fsp3) is 0.389. The van der Waals surface area contributed by atoms with Crippen molar-refractivity contribution in [2.45, 2.75) is 32.7 Å². The predicted octanol–water partition coefficient (Wildman–Crippen LogP) is 1.88. The molecule has 1 heterocycles. The second-order valence-electron chi connectivity index (χ2n) is 6.21. The monoisotopic (exact) mass is 326 g/mol. The molecule has 1 atom stereocenters. The minimum Gasteiger partial charge on any atom is -0.348 e. The molecule has 126 valence electrons. The number of aromatic nitrogens is 2. The van der Waals surface area contributed by atoms with Crippen LogP contribution in [-0.4, -0.2) is 28.1 Å². The molecule has 1 aromatic carbocycles. The van der Waals surface area contributed by atoms with Crippen molar-refractivity contribution in [2.75, 3.05) is 6.54 Å². The van der Waals surface area contributed by atoms with Crippen LogP contribution in [0.15, 0.2) is 36.5 Å². The first kappa shape index (κ1) is 16.2. The summed E-state index contributed by atoms with van der Waals surface area (Å²) in [5.41, 5.74) is 2.92. The summed E-state index contributed by atoms with van der Waals surface area (Å²) in [4.78, 5) is 23.6. The lowest BCUT2D eigenvalue weighted by atomic mass is 10.1. The highest BCUT2D eigenvalue weighted by molar-refractivity contribution is 5.87. The van der Waals surface area contributed by atoms with Crippen LogP contribution in [0.5, 0.6) is 0 Å². The van der Waals surface area contributed by atoms with E-state index in [1.54, 1.807) is 6.20 Å². The van der Waals surface area contributed by atoms with Gasteiger partial charge in [0.25, 0.3) is 0 Å². The van der Waals surface area contributed by atoms with Crippen molar-refractivity contribution in [3.05, 3.63) is 47.8 Å².